The van der Waals surface area contributed by atoms with E-state index >= 15 is 0 Å². The van der Waals surface area contributed by atoms with Gasteiger partial charge in [0.25, 0.3) is 11.8 Å². The Kier molecular flexibility index (Phi) is 8.13. The van der Waals surface area contributed by atoms with Crippen molar-refractivity contribution in [3.63, 3.8) is 0 Å². The number of hydrogen-bond donors (Lipinski definition) is 2. The standard InChI is InChI=1S/C23H33N5O5/c1-14(2)12-24-23(30)18-13-28(27-26-18)16-8-6-15(7-9-16)25-22(29)17-10-11-19(31-3)21(33-5)20(17)32-4/h10-11,13-16H,6-9,12H2,1-5H3,(H,24,30)(H,25,29). The molecule has 1 aliphatic carbocycles. The fourth-order valence-electron chi connectivity index (χ4n) is 3.97. The zero-order valence-electron chi connectivity index (χ0n) is 19.9. The molecule has 1 saturated carbocycles. The van der Waals surface area contributed by atoms with Gasteiger partial charge in [-0.25, -0.2) is 4.68 Å². The van der Waals surface area contributed by atoms with E-state index in [0.29, 0.717) is 41.0 Å². The summed E-state index contributed by atoms with van der Waals surface area (Å²) in [6, 6.07) is 3.53. The van der Waals surface area contributed by atoms with Gasteiger partial charge in [-0.2, -0.15) is 0 Å². The number of amides is 2. The van der Waals surface area contributed by atoms with Crippen molar-refractivity contribution < 1.29 is 23.8 Å². The van der Waals surface area contributed by atoms with E-state index in [-0.39, 0.29) is 23.9 Å². The zero-order chi connectivity index (χ0) is 24.0. The monoisotopic (exact) mass is 459 g/mol. The Bertz CT molecular complexity index is 966. The van der Waals surface area contributed by atoms with E-state index in [9.17, 15) is 9.59 Å². The van der Waals surface area contributed by atoms with Crippen molar-refractivity contribution in [1.82, 2.24) is 25.6 Å². The van der Waals surface area contributed by atoms with E-state index in [4.69, 9.17) is 14.2 Å². The quantitative estimate of drug-likeness (QED) is 0.592. The van der Waals surface area contributed by atoms with Crippen LogP contribution in [0, 0.1) is 5.92 Å². The molecule has 180 valence electrons. The molecule has 2 amide bonds. The molecular formula is C23H33N5O5. The molecule has 10 nitrogen and oxygen atoms in total. The number of ether oxygens (including phenoxy) is 3. The molecule has 1 aromatic heterocycles. The summed E-state index contributed by atoms with van der Waals surface area (Å²) >= 11 is 0. The molecule has 0 spiro atoms. The molecule has 10 heteroatoms. The molecule has 33 heavy (non-hydrogen) atoms. The number of aromatic nitrogens is 3. The minimum atomic E-state index is -0.221. The highest BCUT2D eigenvalue weighted by molar-refractivity contribution is 5.98. The van der Waals surface area contributed by atoms with Crippen LogP contribution in [0.5, 0.6) is 17.2 Å². The number of carbonyl (C=O) groups excluding carboxylic acids is 2. The molecule has 0 bridgehead atoms. The van der Waals surface area contributed by atoms with Crippen LogP contribution < -0.4 is 24.8 Å². The predicted molar refractivity (Wildman–Crippen MR) is 122 cm³/mol. The zero-order valence-corrected chi connectivity index (χ0v) is 19.9. The molecule has 1 aromatic carbocycles. The first kappa shape index (κ1) is 24.3. The van der Waals surface area contributed by atoms with Crippen molar-refractivity contribution in [2.45, 2.75) is 51.6 Å². The predicted octanol–water partition coefficient (Wildman–Crippen LogP) is 2.60. The van der Waals surface area contributed by atoms with Crippen LogP contribution in [0.25, 0.3) is 0 Å². The Balaban J connectivity index is 1.58. The number of nitrogens with zero attached hydrogens (tertiary/aromatic N) is 3. The summed E-state index contributed by atoms with van der Waals surface area (Å²) in [5.41, 5.74) is 0.720. The summed E-state index contributed by atoms with van der Waals surface area (Å²) < 4.78 is 17.8. The van der Waals surface area contributed by atoms with Gasteiger partial charge in [-0.15, -0.1) is 5.10 Å². The number of benzene rings is 1. The lowest BCUT2D eigenvalue weighted by molar-refractivity contribution is 0.0914. The average Bonchev–Trinajstić information content (AvgIpc) is 3.32. The van der Waals surface area contributed by atoms with E-state index in [0.717, 1.165) is 25.7 Å². The van der Waals surface area contributed by atoms with E-state index in [2.05, 4.69) is 20.9 Å². The minimum Gasteiger partial charge on any atom is -0.493 e. The fraction of sp³-hybridized carbons (Fsp3) is 0.565. The first-order chi connectivity index (χ1) is 15.9. The van der Waals surface area contributed by atoms with Crippen LogP contribution in [-0.2, 0) is 0 Å². The Morgan fingerprint density at radius 2 is 1.73 bits per heavy atom. The summed E-state index contributed by atoms with van der Waals surface area (Å²) in [5, 5.41) is 14.1. The topological polar surface area (TPSA) is 117 Å². The van der Waals surface area contributed by atoms with Crippen molar-refractivity contribution >= 4 is 11.8 Å². The average molecular weight is 460 g/mol. The lowest BCUT2D eigenvalue weighted by atomic mass is 9.91. The molecule has 1 heterocycles. The molecule has 0 aliphatic heterocycles. The first-order valence-electron chi connectivity index (χ1n) is 11.2. The van der Waals surface area contributed by atoms with Gasteiger partial charge in [0.05, 0.1) is 39.1 Å². The van der Waals surface area contributed by atoms with Gasteiger partial charge < -0.3 is 24.8 Å². The van der Waals surface area contributed by atoms with Crippen molar-refractivity contribution in [2.75, 3.05) is 27.9 Å². The normalized spacial score (nSPS) is 18.0. The lowest BCUT2D eigenvalue weighted by Gasteiger charge is -2.29. The van der Waals surface area contributed by atoms with E-state index in [1.54, 1.807) is 23.0 Å². The van der Waals surface area contributed by atoms with E-state index < -0.39 is 0 Å². The van der Waals surface area contributed by atoms with Crippen LogP contribution in [0.1, 0.15) is 66.4 Å². The van der Waals surface area contributed by atoms with Crippen LogP contribution in [-0.4, -0.2) is 60.7 Å². The largest absolute Gasteiger partial charge is 0.493 e. The first-order valence-corrected chi connectivity index (χ1v) is 11.2. The Morgan fingerprint density at radius 3 is 2.33 bits per heavy atom. The highest BCUT2D eigenvalue weighted by Gasteiger charge is 2.27. The third-order valence-corrected chi connectivity index (χ3v) is 5.77. The van der Waals surface area contributed by atoms with Gasteiger partial charge in [0.2, 0.25) is 5.75 Å². The number of nitrogens with one attached hydrogen (secondary N) is 2. The summed E-state index contributed by atoms with van der Waals surface area (Å²) in [5.74, 6) is 1.16. The van der Waals surface area contributed by atoms with E-state index in [1.807, 2.05) is 13.8 Å². The van der Waals surface area contributed by atoms with Gasteiger partial charge in [0, 0.05) is 12.6 Å². The SMILES string of the molecule is COc1ccc(C(=O)NC2CCC(n3cc(C(=O)NCC(C)C)nn3)CC2)c(OC)c1OC. The second-order valence-corrected chi connectivity index (χ2v) is 8.55. The van der Waals surface area contributed by atoms with Crippen molar-refractivity contribution in [1.29, 1.82) is 0 Å². The van der Waals surface area contributed by atoms with Crippen molar-refractivity contribution in [3.05, 3.63) is 29.6 Å². The smallest absolute Gasteiger partial charge is 0.273 e. The second-order valence-electron chi connectivity index (χ2n) is 8.55. The van der Waals surface area contributed by atoms with Crippen LogP contribution in [0.15, 0.2) is 18.3 Å². The highest BCUT2D eigenvalue weighted by atomic mass is 16.5. The second kappa shape index (κ2) is 11.0. The highest BCUT2D eigenvalue weighted by Crippen LogP contribution is 2.40. The molecule has 0 atom stereocenters. The maximum absolute atomic E-state index is 12.9. The Morgan fingerprint density at radius 1 is 1.03 bits per heavy atom. The number of carbonyl (C=O) groups is 2. The molecule has 1 fully saturated rings. The molecule has 1 aliphatic rings. The van der Waals surface area contributed by atoms with Crippen LogP contribution in [0.2, 0.25) is 0 Å². The third kappa shape index (κ3) is 5.74. The summed E-state index contributed by atoms with van der Waals surface area (Å²) in [4.78, 5) is 25.1. The molecule has 0 saturated heterocycles. The Labute approximate surface area is 194 Å². The molecule has 0 unspecified atom stereocenters. The van der Waals surface area contributed by atoms with E-state index in [1.165, 1.54) is 21.3 Å². The van der Waals surface area contributed by atoms with Gasteiger partial charge in [0.1, 0.15) is 0 Å². The van der Waals surface area contributed by atoms with Gasteiger partial charge in [-0.3, -0.25) is 9.59 Å². The molecule has 2 aromatic rings. The Hall–Kier alpha value is -3.30. The van der Waals surface area contributed by atoms with Gasteiger partial charge in [-0.1, -0.05) is 19.1 Å². The van der Waals surface area contributed by atoms with Gasteiger partial charge in [0.15, 0.2) is 17.2 Å². The third-order valence-electron chi connectivity index (χ3n) is 5.77. The van der Waals surface area contributed by atoms with Crippen molar-refractivity contribution in [3.8, 4) is 17.2 Å². The van der Waals surface area contributed by atoms with Crippen LogP contribution >= 0.6 is 0 Å². The molecule has 0 radical (unpaired) electrons. The van der Waals surface area contributed by atoms with Crippen molar-refractivity contribution in [2.24, 2.45) is 5.92 Å². The molecule has 2 N–H and O–H groups in total. The summed E-state index contributed by atoms with van der Waals surface area (Å²) in [6.07, 6.45) is 4.93. The summed E-state index contributed by atoms with van der Waals surface area (Å²) in [6.45, 7) is 4.67. The number of rotatable bonds is 9. The summed E-state index contributed by atoms with van der Waals surface area (Å²) in [7, 11) is 4.53. The molecular weight excluding hydrogens is 426 g/mol. The van der Waals surface area contributed by atoms with Crippen LogP contribution in [0.3, 0.4) is 0 Å². The maximum atomic E-state index is 12.9. The fourth-order valence-corrected chi connectivity index (χ4v) is 3.97. The number of methoxy groups -OCH3 is 3. The minimum absolute atomic E-state index is 0.0314. The maximum Gasteiger partial charge on any atom is 0.273 e. The van der Waals surface area contributed by atoms with Gasteiger partial charge in [-0.05, 0) is 43.7 Å². The number of hydrogen-bond acceptors (Lipinski definition) is 7. The van der Waals surface area contributed by atoms with Crippen LogP contribution in [0.4, 0.5) is 0 Å². The lowest BCUT2D eigenvalue weighted by Crippen LogP contribution is -2.38. The van der Waals surface area contributed by atoms with Gasteiger partial charge >= 0.3 is 0 Å². The molecule has 3 rings (SSSR count).